The third-order valence-corrected chi connectivity index (χ3v) is 3.46. The zero-order chi connectivity index (χ0) is 13.4. The van der Waals surface area contributed by atoms with Gasteiger partial charge in [-0.3, -0.25) is 0 Å². The van der Waals surface area contributed by atoms with Crippen LogP contribution in [0.3, 0.4) is 0 Å². The van der Waals surface area contributed by atoms with Gasteiger partial charge < -0.3 is 10.1 Å². The van der Waals surface area contributed by atoms with Crippen LogP contribution < -0.4 is 10.1 Å². The minimum Gasteiger partial charge on any atom is -0.493 e. The lowest BCUT2D eigenvalue weighted by Gasteiger charge is -2.25. The topological polar surface area (TPSA) is 21.3 Å². The maximum absolute atomic E-state index is 5.85. The summed E-state index contributed by atoms with van der Waals surface area (Å²) in [6.45, 7) is 9.44. The predicted octanol–water partition coefficient (Wildman–Crippen LogP) is 3.81. The normalized spacial score (nSPS) is 11.6. The molecule has 1 aromatic carbocycles. The van der Waals surface area contributed by atoms with Gasteiger partial charge in [0.15, 0.2) is 0 Å². The molecular formula is C15H25NOS. The van der Waals surface area contributed by atoms with E-state index in [1.165, 1.54) is 11.3 Å². The van der Waals surface area contributed by atoms with Gasteiger partial charge in [0.1, 0.15) is 5.75 Å². The average molecular weight is 267 g/mol. The van der Waals surface area contributed by atoms with E-state index in [0.717, 1.165) is 25.4 Å². The van der Waals surface area contributed by atoms with E-state index in [2.05, 4.69) is 44.5 Å². The Morgan fingerprint density at radius 3 is 2.44 bits per heavy atom. The van der Waals surface area contributed by atoms with Gasteiger partial charge in [-0.1, -0.05) is 20.8 Å². The van der Waals surface area contributed by atoms with Gasteiger partial charge in [0.25, 0.3) is 0 Å². The highest BCUT2D eigenvalue weighted by Gasteiger charge is 2.18. The Balaban J connectivity index is 2.37. The first-order chi connectivity index (χ1) is 8.57. The Morgan fingerprint density at radius 1 is 1.22 bits per heavy atom. The lowest BCUT2D eigenvalue weighted by molar-refractivity contribution is 0.176. The summed E-state index contributed by atoms with van der Waals surface area (Å²) in [5, 5.41) is 3.45. The molecule has 0 saturated heterocycles. The second-order valence-corrected chi connectivity index (χ2v) is 6.18. The van der Waals surface area contributed by atoms with E-state index < -0.39 is 0 Å². The number of hydrogen-bond acceptors (Lipinski definition) is 3. The van der Waals surface area contributed by atoms with Crippen molar-refractivity contribution in [2.24, 2.45) is 5.41 Å². The zero-order valence-electron chi connectivity index (χ0n) is 12.0. The van der Waals surface area contributed by atoms with Crippen LogP contribution in [0.2, 0.25) is 0 Å². The van der Waals surface area contributed by atoms with Gasteiger partial charge in [-0.25, -0.2) is 0 Å². The van der Waals surface area contributed by atoms with Gasteiger partial charge in [-0.15, -0.1) is 11.8 Å². The van der Waals surface area contributed by atoms with Crippen molar-refractivity contribution in [2.45, 2.75) is 32.1 Å². The highest BCUT2D eigenvalue weighted by atomic mass is 32.2. The molecule has 0 saturated carbocycles. The van der Waals surface area contributed by atoms with Crippen molar-refractivity contribution in [1.82, 2.24) is 5.32 Å². The molecule has 0 heterocycles. The number of ether oxygens (including phenoxy) is 1. The first kappa shape index (κ1) is 15.4. The third-order valence-electron chi connectivity index (χ3n) is 2.72. The van der Waals surface area contributed by atoms with Crippen molar-refractivity contribution in [2.75, 3.05) is 26.0 Å². The van der Waals surface area contributed by atoms with Crippen molar-refractivity contribution < 1.29 is 4.74 Å². The summed E-state index contributed by atoms with van der Waals surface area (Å²) in [5.74, 6) is 0.955. The molecule has 0 aromatic heterocycles. The van der Waals surface area contributed by atoms with Crippen LogP contribution >= 0.6 is 11.8 Å². The molecule has 102 valence electrons. The monoisotopic (exact) mass is 267 g/mol. The smallest absolute Gasteiger partial charge is 0.119 e. The van der Waals surface area contributed by atoms with E-state index in [1.807, 2.05) is 12.1 Å². The number of benzene rings is 1. The minimum atomic E-state index is 0.160. The van der Waals surface area contributed by atoms with Crippen LogP contribution in [-0.2, 0) is 0 Å². The second kappa shape index (κ2) is 7.70. The molecule has 0 unspecified atom stereocenters. The summed E-state index contributed by atoms with van der Waals surface area (Å²) in [6, 6.07) is 8.29. The van der Waals surface area contributed by atoms with Crippen molar-refractivity contribution in [1.29, 1.82) is 0 Å². The molecule has 0 spiro atoms. The highest BCUT2D eigenvalue weighted by Crippen LogP contribution is 2.21. The Kier molecular flexibility index (Phi) is 6.58. The maximum Gasteiger partial charge on any atom is 0.119 e. The highest BCUT2D eigenvalue weighted by molar-refractivity contribution is 7.98. The van der Waals surface area contributed by atoms with Crippen molar-refractivity contribution in [3.8, 4) is 5.75 Å². The molecule has 2 nitrogen and oxygen atoms in total. The fraction of sp³-hybridized carbons (Fsp3) is 0.600. The van der Waals surface area contributed by atoms with Crippen LogP contribution in [-0.4, -0.2) is 26.0 Å². The zero-order valence-corrected chi connectivity index (χ0v) is 12.8. The van der Waals surface area contributed by atoms with E-state index in [-0.39, 0.29) is 5.41 Å². The van der Waals surface area contributed by atoms with Gasteiger partial charge in [0, 0.05) is 16.9 Å². The standard InChI is InChI=1S/C15H25NOS/c1-5-10-16-11-15(2,3)12-17-13-6-8-14(18-4)9-7-13/h6-9,16H,5,10-12H2,1-4H3. The van der Waals surface area contributed by atoms with Crippen molar-refractivity contribution >= 4 is 11.8 Å². The van der Waals surface area contributed by atoms with Crippen LogP contribution in [0.1, 0.15) is 27.2 Å². The summed E-state index contributed by atoms with van der Waals surface area (Å²) < 4.78 is 5.85. The first-order valence-electron chi connectivity index (χ1n) is 6.55. The minimum absolute atomic E-state index is 0.160. The largest absolute Gasteiger partial charge is 0.493 e. The Bertz CT molecular complexity index is 335. The third kappa shape index (κ3) is 5.78. The van der Waals surface area contributed by atoms with E-state index in [0.29, 0.717) is 0 Å². The van der Waals surface area contributed by atoms with Crippen molar-refractivity contribution in [3.05, 3.63) is 24.3 Å². The fourth-order valence-electron chi connectivity index (χ4n) is 1.61. The molecule has 0 bridgehead atoms. The lowest BCUT2D eigenvalue weighted by atomic mass is 9.95. The van der Waals surface area contributed by atoms with Crippen LogP contribution in [0.4, 0.5) is 0 Å². The lowest BCUT2D eigenvalue weighted by Crippen LogP contribution is -2.34. The molecule has 0 aliphatic heterocycles. The molecule has 1 aromatic rings. The number of thioether (sulfide) groups is 1. The van der Waals surface area contributed by atoms with Crippen LogP contribution in [0.15, 0.2) is 29.2 Å². The molecule has 0 aliphatic rings. The molecule has 0 aliphatic carbocycles. The molecule has 0 fully saturated rings. The van der Waals surface area contributed by atoms with Crippen LogP contribution in [0.5, 0.6) is 5.75 Å². The summed E-state index contributed by atoms with van der Waals surface area (Å²) in [4.78, 5) is 1.27. The Labute approximate surface area is 116 Å². The van der Waals surface area contributed by atoms with Crippen molar-refractivity contribution in [3.63, 3.8) is 0 Å². The first-order valence-corrected chi connectivity index (χ1v) is 7.77. The number of rotatable bonds is 8. The summed E-state index contributed by atoms with van der Waals surface area (Å²) in [7, 11) is 0. The van der Waals surface area contributed by atoms with Gasteiger partial charge in [0.05, 0.1) is 6.61 Å². The van der Waals surface area contributed by atoms with Crippen LogP contribution in [0.25, 0.3) is 0 Å². The molecule has 18 heavy (non-hydrogen) atoms. The number of hydrogen-bond donors (Lipinski definition) is 1. The Hall–Kier alpha value is -0.670. The van der Waals surface area contributed by atoms with E-state index in [4.69, 9.17) is 4.74 Å². The molecule has 0 atom stereocenters. The quantitative estimate of drug-likeness (QED) is 0.571. The van der Waals surface area contributed by atoms with E-state index >= 15 is 0 Å². The predicted molar refractivity (Wildman–Crippen MR) is 80.7 cm³/mol. The average Bonchev–Trinajstić information content (AvgIpc) is 2.37. The fourth-order valence-corrected chi connectivity index (χ4v) is 2.01. The summed E-state index contributed by atoms with van der Waals surface area (Å²) in [5.41, 5.74) is 0.160. The maximum atomic E-state index is 5.85. The molecule has 0 radical (unpaired) electrons. The van der Waals surface area contributed by atoms with E-state index in [9.17, 15) is 0 Å². The van der Waals surface area contributed by atoms with Gasteiger partial charge in [0.2, 0.25) is 0 Å². The molecule has 1 rings (SSSR count). The Morgan fingerprint density at radius 2 is 1.89 bits per heavy atom. The summed E-state index contributed by atoms with van der Waals surface area (Å²) >= 11 is 1.75. The molecule has 0 amide bonds. The van der Waals surface area contributed by atoms with Gasteiger partial charge >= 0.3 is 0 Å². The van der Waals surface area contributed by atoms with Gasteiger partial charge in [-0.05, 0) is 43.5 Å². The SMILES string of the molecule is CCCNCC(C)(C)COc1ccc(SC)cc1. The van der Waals surface area contributed by atoms with E-state index in [1.54, 1.807) is 11.8 Å². The molecule has 3 heteroatoms. The molecule has 1 N–H and O–H groups in total. The molecular weight excluding hydrogens is 242 g/mol. The van der Waals surface area contributed by atoms with Gasteiger partial charge in [-0.2, -0.15) is 0 Å². The summed E-state index contributed by atoms with van der Waals surface area (Å²) in [6.07, 6.45) is 3.26. The van der Waals surface area contributed by atoms with Crippen LogP contribution in [0, 0.1) is 5.41 Å². The number of nitrogens with one attached hydrogen (secondary N) is 1. The second-order valence-electron chi connectivity index (χ2n) is 5.31.